The lowest BCUT2D eigenvalue weighted by Crippen LogP contribution is -2.02. The summed E-state index contributed by atoms with van der Waals surface area (Å²) < 4.78 is 24.2. The molecular formula is C12H13FN2O2. The maximum Gasteiger partial charge on any atom is 0.196 e. The van der Waals surface area contributed by atoms with Crippen LogP contribution in [-0.2, 0) is 6.42 Å². The number of benzene rings is 1. The van der Waals surface area contributed by atoms with Gasteiger partial charge in [0.25, 0.3) is 0 Å². The highest BCUT2D eigenvalue weighted by Crippen LogP contribution is 2.32. The first-order valence-electron chi connectivity index (χ1n) is 5.24. The molecule has 0 amide bonds. The highest BCUT2D eigenvalue weighted by atomic mass is 19.1. The normalized spacial score (nSPS) is 10.5. The maximum absolute atomic E-state index is 13.7. The van der Waals surface area contributed by atoms with E-state index in [2.05, 4.69) is 4.98 Å². The van der Waals surface area contributed by atoms with Gasteiger partial charge in [-0.25, -0.2) is 9.37 Å². The number of oxazole rings is 1. The van der Waals surface area contributed by atoms with Gasteiger partial charge in [-0.2, -0.15) is 0 Å². The molecule has 0 atom stereocenters. The van der Waals surface area contributed by atoms with Gasteiger partial charge in [-0.15, -0.1) is 0 Å². The molecule has 17 heavy (non-hydrogen) atoms. The Bertz CT molecular complexity index is 511. The van der Waals surface area contributed by atoms with Crippen molar-refractivity contribution < 1.29 is 13.5 Å². The number of aromatic nitrogens is 1. The van der Waals surface area contributed by atoms with E-state index in [0.29, 0.717) is 30.4 Å². The number of rotatable bonds is 4. The van der Waals surface area contributed by atoms with E-state index in [9.17, 15) is 4.39 Å². The lowest BCUT2D eigenvalue weighted by molar-refractivity contribution is 0.410. The van der Waals surface area contributed by atoms with Crippen LogP contribution in [0, 0.1) is 5.82 Å². The highest BCUT2D eigenvalue weighted by Gasteiger charge is 2.15. The fourth-order valence-electron chi connectivity index (χ4n) is 1.58. The molecule has 0 fully saturated rings. The first kappa shape index (κ1) is 11.6. The third kappa shape index (κ3) is 2.29. The summed E-state index contributed by atoms with van der Waals surface area (Å²) in [5.41, 5.74) is 5.68. The van der Waals surface area contributed by atoms with E-state index in [4.69, 9.17) is 14.9 Å². The van der Waals surface area contributed by atoms with Gasteiger partial charge in [0.15, 0.2) is 11.7 Å². The largest absolute Gasteiger partial charge is 0.496 e. The van der Waals surface area contributed by atoms with Gasteiger partial charge in [0.2, 0.25) is 0 Å². The topological polar surface area (TPSA) is 61.3 Å². The Morgan fingerprint density at radius 2 is 2.29 bits per heavy atom. The van der Waals surface area contributed by atoms with Crippen molar-refractivity contribution in [3.8, 4) is 17.1 Å². The Kier molecular flexibility index (Phi) is 3.39. The van der Waals surface area contributed by atoms with Crippen LogP contribution in [0.5, 0.6) is 5.75 Å². The van der Waals surface area contributed by atoms with E-state index in [1.165, 1.54) is 19.4 Å². The summed E-state index contributed by atoms with van der Waals surface area (Å²) in [6.07, 6.45) is 2.00. The second-order valence-electron chi connectivity index (χ2n) is 3.47. The van der Waals surface area contributed by atoms with Gasteiger partial charge >= 0.3 is 0 Å². The lowest BCUT2D eigenvalue weighted by Gasteiger charge is -2.06. The standard InChI is InChI=1S/C12H13FN2O2/c1-16-9-4-2-3-8(13)12(9)10-7-15-11(17-10)5-6-14/h2-4,7H,5-6,14H2,1H3. The summed E-state index contributed by atoms with van der Waals surface area (Å²) in [4.78, 5) is 4.03. The van der Waals surface area contributed by atoms with Crippen LogP contribution in [0.4, 0.5) is 4.39 Å². The number of hydrogen-bond acceptors (Lipinski definition) is 4. The van der Waals surface area contributed by atoms with Crippen LogP contribution < -0.4 is 10.5 Å². The van der Waals surface area contributed by atoms with Crippen LogP contribution >= 0.6 is 0 Å². The van der Waals surface area contributed by atoms with Crippen molar-refractivity contribution >= 4 is 0 Å². The number of halogens is 1. The zero-order chi connectivity index (χ0) is 12.3. The van der Waals surface area contributed by atoms with Gasteiger partial charge in [-0.3, -0.25) is 0 Å². The molecule has 2 aromatic rings. The van der Waals surface area contributed by atoms with Crippen molar-refractivity contribution in [3.63, 3.8) is 0 Å². The molecule has 0 unspecified atom stereocenters. The molecule has 1 heterocycles. The minimum absolute atomic E-state index is 0.283. The van der Waals surface area contributed by atoms with Crippen LogP contribution in [0.2, 0.25) is 0 Å². The average Bonchev–Trinajstić information content (AvgIpc) is 2.77. The molecule has 2 rings (SSSR count). The van der Waals surface area contributed by atoms with Crippen molar-refractivity contribution in [2.75, 3.05) is 13.7 Å². The smallest absolute Gasteiger partial charge is 0.196 e. The minimum Gasteiger partial charge on any atom is -0.496 e. The monoisotopic (exact) mass is 236 g/mol. The SMILES string of the molecule is COc1cccc(F)c1-c1cnc(CCN)o1. The van der Waals surface area contributed by atoms with Crippen molar-refractivity contribution in [2.45, 2.75) is 6.42 Å². The van der Waals surface area contributed by atoms with Gasteiger partial charge in [-0.1, -0.05) is 6.07 Å². The van der Waals surface area contributed by atoms with E-state index >= 15 is 0 Å². The summed E-state index contributed by atoms with van der Waals surface area (Å²) in [6.45, 7) is 0.439. The predicted octanol–water partition coefficient (Wildman–Crippen LogP) is 1.99. The first-order chi connectivity index (χ1) is 8.26. The Balaban J connectivity index is 2.44. The molecule has 0 saturated carbocycles. The van der Waals surface area contributed by atoms with Crippen molar-refractivity contribution in [2.24, 2.45) is 5.73 Å². The number of nitrogens with two attached hydrogens (primary N) is 1. The highest BCUT2D eigenvalue weighted by molar-refractivity contribution is 5.65. The van der Waals surface area contributed by atoms with E-state index < -0.39 is 5.82 Å². The molecule has 0 spiro atoms. The van der Waals surface area contributed by atoms with E-state index in [1.54, 1.807) is 12.1 Å². The molecule has 0 saturated heterocycles. The number of ether oxygens (including phenoxy) is 1. The van der Waals surface area contributed by atoms with Crippen LogP contribution in [-0.4, -0.2) is 18.6 Å². The summed E-state index contributed by atoms with van der Waals surface area (Å²) in [6, 6.07) is 4.60. The summed E-state index contributed by atoms with van der Waals surface area (Å²) in [7, 11) is 1.48. The van der Waals surface area contributed by atoms with Crippen LogP contribution in [0.25, 0.3) is 11.3 Å². The lowest BCUT2D eigenvalue weighted by atomic mass is 10.1. The minimum atomic E-state index is -0.403. The Morgan fingerprint density at radius 3 is 3.00 bits per heavy atom. The van der Waals surface area contributed by atoms with Crippen molar-refractivity contribution in [1.82, 2.24) is 4.98 Å². The van der Waals surface area contributed by atoms with Crippen LogP contribution in [0.3, 0.4) is 0 Å². The average molecular weight is 236 g/mol. The summed E-state index contributed by atoms with van der Waals surface area (Å²) in [5, 5.41) is 0. The molecule has 0 bridgehead atoms. The van der Waals surface area contributed by atoms with Gasteiger partial charge in [-0.05, 0) is 12.1 Å². The maximum atomic E-state index is 13.7. The van der Waals surface area contributed by atoms with E-state index in [1.807, 2.05) is 0 Å². The molecular weight excluding hydrogens is 223 g/mol. The Hall–Kier alpha value is -1.88. The first-order valence-corrected chi connectivity index (χ1v) is 5.24. The van der Waals surface area contributed by atoms with Gasteiger partial charge < -0.3 is 14.9 Å². The van der Waals surface area contributed by atoms with Crippen LogP contribution in [0.1, 0.15) is 5.89 Å². The fraction of sp³-hybridized carbons (Fsp3) is 0.250. The van der Waals surface area contributed by atoms with Gasteiger partial charge in [0.05, 0.1) is 18.9 Å². The molecule has 4 nitrogen and oxygen atoms in total. The van der Waals surface area contributed by atoms with Crippen molar-refractivity contribution in [1.29, 1.82) is 0 Å². The second-order valence-corrected chi connectivity index (χ2v) is 3.47. The summed E-state index contributed by atoms with van der Waals surface area (Å²) in [5.74, 6) is 0.858. The molecule has 0 aliphatic carbocycles. The quantitative estimate of drug-likeness (QED) is 0.881. The number of hydrogen-bond donors (Lipinski definition) is 1. The Morgan fingerprint density at radius 1 is 1.47 bits per heavy atom. The number of methoxy groups -OCH3 is 1. The van der Waals surface area contributed by atoms with E-state index in [-0.39, 0.29) is 5.56 Å². The van der Waals surface area contributed by atoms with Crippen molar-refractivity contribution in [3.05, 3.63) is 36.1 Å². The third-order valence-corrected chi connectivity index (χ3v) is 2.35. The second kappa shape index (κ2) is 4.97. The molecule has 5 heteroatoms. The molecule has 2 N–H and O–H groups in total. The third-order valence-electron chi connectivity index (χ3n) is 2.35. The molecule has 0 radical (unpaired) electrons. The molecule has 1 aromatic heterocycles. The zero-order valence-electron chi connectivity index (χ0n) is 9.44. The van der Waals surface area contributed by atoms with Crippen LogP contribution in [0.15, 0.2) is 28.8 Å². The molecule has 1 aromatic carbocycles. The molecule has 90 valence electrons. The molecule has 0 aliphatic rings. The van der Waals surface area contributed by atoms with Gasteiger partial charge in [0.1, 0.15) is 11.6 Å². The number of nitrogens with zero attached hydrogens (tertiary/aromatic N) is 1. The van der Waals surface area contributed by atoms with Gasteiger partial charge in [0, 0.05) is 13.0 Å². The van der Waals surface area contributed by atoms with E-state index in [0.717, 1.165) is 0 Å². The fourth-order valence-corrected chi connectivity index (χ4v) is 1.58. The summed E-state index contributed by atoms with van der Waals surface area (Å²) >= 11 is 0. The molecule has 0 aliphatic heterocycles. The predicted molar refractivity (Wildman–Crippen MR) is 61.2 cm³/mol. The Labute approximate surface area is 98.2 Å². The zero-order valence-corrected chi connectivity index (χ0v) is 9.44.